The van der Waals surface area contributed by atoms with E-state index >= 15 is 0 Å². The van der Waals surface area contributed by atoms with Crippen molar-refractivity contribution < 1.29 is 13.9 Å². The monoisotopic (exact) mass is 646 g/mol. The van der Waals surface area contributed by atoms with E-state index in [0.717, 1.165) is 16.0 Å². The number of esters is 1. The number of carbonyl (C=O) groups is 1. The molecule has 5 aromatic rings. The molecule has 0 fully saturated rings. The normalized spacial score (nSPS) is 14.9. The summed E-state index contributed by atoms with van der Waals surface area (Å²) in [6, 6.07) is 25.2. The molecule has 3 aromatic carbocycles. The maximum absolute atomic E-state index is 14.1. The maximum Gasteiger partial charge on any atom is 0.338 e. The number of thiazole rings is 1. The lowest BCUT2D eigenvalue weighted by atomic mass is 9.93. The minimum absolute atomic E-state index is 0.185. The van der Waals surface area contributed by atoms with E-state index in [1.807, 2.05) is 60.9 Å². The number of ether oxygens (including phenoxy) is 1. The second-order valence-electron chi connectivity index (χ2n) is 9.53. The fourth-order valence-electron chi connectivity index (χ4n) is 4.93. The third kappa shape index (κ3) is 5.76. The Balaban J connectivity index is 1.56. The fourth-order valence-corrected chi connectivity index (χ4v) is 6.70. The molecular formula is C33H24Cl2N2O4S2. The molecule has 0 aliphatic carbocycles. The van der Waals surface area contributed by atoms with Gasteiger partial charge in [0.15, 0.2) is 4.80 Å². The molecule has 0 radical (unpaired) electrons. The van der Waals surface area contributed by atoms with Gasteiger partial charge in [0.1, 0.15) is 11.5 Å². The van der Waals surface area contributed by atoms with Crippen molar-refractivity contribution in [2.45, 2.75) is 17.9 Å². The third-order valence-electron chi connectivity index (χ3n) is 6.90. The van der Waals surface area contributed by atoms with Crippen molar-refractivity contribution in [1.82, 2.24) is 4.57 Å². The number of furan rings is 1. The minimum Gasteiger partial charge on any atom is -0.463 e. The molecule has 0 unspecified atom stereocenters. The Morgan fingerprint density at radius 3 is 2.56 bits per heavy atom. The third-order valence-corrected chi connectivity index (χ3v) is 9.19. The Hall–Kier alpha value is -3.82. The van der Waals surface area contributed by atoms with E-state index in [2.05, 4.69) is 0 Å². The molecule has 3 heterocycles. The van der Waals surface area contributed by atoms with Crippen molar-refractivity contribution in [3.63, 3.8) is 0 Å². The first kappa shape index (κ1) is 29.3. The van der Waals surface area contributed by atoms with Gasteiger partial charge in [-0.1, -0.05) is 77.0 Å². The SMILES string of the molecule is CCOC(=O)C1=C(c2ccccc2)N=c2s/c(=C\c3ccc(-c4cc(Cl)ccc4Cl)o3)c(=O)n2[C@@H]1c1ccc(SC)cc1. The molecule has 0 N–H and O–H groups in total. The van der Waals surface area contributed by atoms with E-state index in [1.54, 1.807) is 59.7 Å². The van der Waals surface area contributed by atoms with Crippen molar-refractivity contribution in [3.05, 3.63) is 137 Å². The van der Waals surface area contributed by atoms with Gasteiger partial charge >= 0.3 is 5.97 Å². The zero-order chi connectivity index (χ0) is 30.1. The molecular weight excluding hydrogens is 623 g/mol. The van der Waals surface area contributed by atoms with E-state index in [0.29, 0.717) is 47.7 Å². The van der Waals surface area contributed by atoms with Crippen molar-refractivity contribution >= 4 is 64.0 Å². The van der Waals surface area contributed by atoms with Crippen molar-refractivity contribution in [2.24, 2.45) is 4.99 Å². The number of fused-ring (bicyclic) bond motifs is 1. The van der Waals surface area contributed by atoms with Crippen molar-refractivity contribution in [1.29, 1.82) is 0 Å². The van der Waals surface area contributed by atoms with Gasteiger partial charge in [-0.25, -0.2) is 9.79 Å². The van der Waals surface area contributed by atoms with Crippen LogP contribution in [0, 0.1) is 0 Å². The van der Waals surface area contributed by atoms with Gasteiger partial charge in [-0.05, 0) is 61.2 Å². The molecule has 2 aromatic heterocycles. The molecule has 0 spiro atoms. The lowest BCUT2D eigenvalue weighted by molar-refractivity contribution is -0.138. The van der Waals surface area contributed by atoms with E-state index < -0.39 is 12.0 Å². The largest absolute Gasteiger partial charge is 0.463 e. The van der Waals surface area contributed by atoms with Crippen LogP contribution in [0.2, 0.25) is 10.0 Å². The number of nitrogens with zero attached hydrogens (tertiary/aromatic N) is 2. The average molecular weight is 648 g/mol. The summed E-state index contributed by atoms with van der Waals surface area (Å²) in [4.78, 5) is 34.1. The highest BCUT2D eigenvalue weighted by atomic mass is 35.5. The van der Waals surface area contributed by atoms with Gasteiger partial charge in [0.05, 0.1) is 33.5 Å². The number of aromatic nitrogens is 1. The van der Waals surface area contributed by atoms with Crippen LogP contribution < -0.4 is 14.9 Å². The highest BCUT2D eigenvalue weighted by Crippen LogP contribution is 2.36. The van der Waals surface area contributed by atoms with Crippen molar-refractivity contribution in [3.8, 4) is 11.3 Å². The molecule has 1 aliphatic heterocycles. The van der Waals surface area contributed by atoms with Gasteiger partial charge in [0.25, 0.3) is 5.56 Å². The molecule has 0 amide bonds. The molecule has 0 bridgehead atoms. The van der Waals surface area contributed by atoms with Gasteiger partial charge in [-0.3, -0.25) is 9.36 Å². The van der Waals surface area contributed by atoms with E-state index in [1.165, 1.54) is 11.3 Å². The highest BCUT2D eigenvalue weighted by molar-refractivity contribution is 7.98. The predicted molar refractivity (Wildman–Crippen MR) is 173 cm³/mol. The quantitative estimate of drug-likeness (QED) is 0.138. The van der Waals surface area contributed by atoms with Crippen LogP contribution in [0.5, 0.6) is 0 Å². The first-order chi connectivity index (χ1) is 20.9. The second kappa shape index (κ2) is 12.4. The molecule has 1 aliphatic rings. The van der Waals surface area contributed by atoms with Crippen LogP contribution in [0.4, 0.5) is 0 Å². The van der Waals surface area contributed by atoms with E-state index in [4.69, 9.17) is 37.3 Å². The molecule has 10 heteroatoms. The number of rotatable bonds is 7. The molecule has 216 valence electrons. The number of halogens is 2. The summed E-state index contributed by atoms with van der Waals surface area (Å²) < 4.78 is 13.6. The molecule has 6 nitrogen and oxygen atoms in total. The topological polar surface area (TPSA) is 73.8 Å². The summed E-state index contributed by atoms with van der Waals surface area (Å²) in [7, 11) is 0. The van der Waals surface area contributed by atoms with Crippen LogP contribution in [0.3, 0.4) is 0 Å². The molecule has 1 atom stereocenters. The smallest absolute Gasteiger partial charge is 0.338 e. The Kier molecular flexibility index (Phi) is 8.45. The van der Waals surface area contributed by atoms with Crippen molar-refractivity contribution in [2.75, 3.05) is 12.9 Å². The van der Waals surface area contributed by atoms with Gasteiger partial charge in [0, 0.05) is 27.1 Å². The first-order valence-corrected chi connectivity index (χ1v) is 16.2. The summed E-state index contributed by atoms with van der Waals surface area (Å²) in [5, 5.41) is 1.03. The number of carbonyl (C=O) groups excluding carboxylic acids is 1. The molecule has 6 rings (SSSR count). The summed E-state index contributed by atoms with van der Waals surface area (Å²) in [5.74, 6) is 0.465. The zero-order valence-corrected chi connectivity index (χ0v) is 26.2. The van der Waals surface area contributed by atoms with Crippen LogP contribution in [-0.4, -0.2) is 23.4 Å². The Bertz CT molecular complexity index is 2040. The Morgan fingerprint density at radius 1 is 1.07 bits per heavy atom. The summed E-state index contributed by atoms with van der Waals surface area (Å²) >= 11 is 15.4. The molecule has 43 heavy (non-hydrogen) atoms. The predicted octanol–water partition coefficient (Wildman–Crippen LogP) is 7.22. The Morgan fingerprint density at radius 2 is 1.84 bits per heavy atom. The average Bonchev–Trinajstić information content (AvgIpc) is 3.62. The maximum atomic E-state index is 14.1. The van der Waals surface area contributed by atoms with E-state index in [-0.39, 0.29) is 12.2 Å². The van der Waals surface area contributed by atoms with Crippen LogP contribution in [0.15, 0.2) is 110 Å². The highest BCUT2D eigenvalue weighted by Gasteiger charge is 2.35. The number of hydrogen-bond acceptors (Lipinski definition) is 7. The van der Waals surface area contributed by atoms with Gasteiger partial charge in [-0.15, -0.1) is 11.8 Å². The van der Waals surface area contributed by atoms with E-state index in [9.17, 15) is 9.59 Å². The van der Waals surface area contributed by atoms with Crippen LogP contribution >= 0.6 is 46.3 Å². The number of hydrogen-bond donors (Lipinski definition) is 0. The first-order valence-electron chi connectivity index (χ1n) is 13.4. The minimum atomic E-state index is -0.749. The van der Waals surface area contributed by atoms with Crippen LogP contribution in [-0.2, 0) is 9.53 Å². The lowest BCUT2D eigenvalue weighted by Gasteiger charge is -2.26. The Labute approximate surface area is 265 Å². The fraction of sp³-hybridized carbons (Fsp3) is 0.121. The molecule has 0 saturated heterocycles. The van der Waals surface area contributed by atoms with Gasteiger partial charge < -0.3 is 9.15 Å². The summed E-state index contributed by atoms with van der Waals surface area (Å²) in [6.45, 7) is 1.94. The summed E-state index contributed by atoms with van der Waals surface area (Å²) in [6.07, 6.45) is 3.67. The second-order valence-corrected chi connectivity index (χ2v) is 12.3. The van der Waals surface area contributed by atoms with Crippen LogP contribution in [0.1, 0.15) is 29.9 Å². The standard InChI is InChI=1S/C33H24Cl2N2O4S2/c1-3-40-32(39)28-29(19-7-5-4-6-8-19)36-33-37(30(28)20-9-13-23(42-2)14-10-20)31(38)27(43-33)18-22-12-16-26(41-22)24-17-21(34)11-15-25(24)35/h4-18,30H,3H2,1-2H3/b27-18-/t30-/m1/s1. The molecule has 0 saturated carbocycles. The van der Waals surface area contributed by atoms with Gasteiger partial charge in [0.2, 0.25) is 0 Å². The number of benzene rings is 3. The van der Waals surface area contributed by atoms with Crippen LogP contribution in [0.25, 0.3) is 23.1 Å². The zero-order valence-electron chi connectivity index (χ0n) is 23.0. The lowest BCUT2D eigenvalue weighted by Crippen LogP contribution is -2.40. The number of thioether (sulfide) groups is 1. The van der Waals surface area contributed by atoms with Gasteiger partial charge in [-0.2, -0.15) is 0 Å². The summed E-state index contributed by atoms with van der Waals surface area (Å²) in [5.41, 5.74) is 2.66.